The van der Waals surface area contributed by atoms with Crippen molar-refractivity contribution in [1.29, 1.82) is 0 Å². The molecule has 86 valence electrons. The summed E-state index contributed by atoms with van der Waals surface area (Å²) in [6.07, 6.45) is 0. The van der Waals surface area contributed by atoms with Crippen LogP contribution in [0.25, 0.3) is 0 Å². The number of halogens is 3. The summed E-state index contributed by atoms with van der Waals surface area (Å²) in [6.45, 7) is 1.41. The van der Waals surface area contributed by atoms with Crippen LogP contribution in [0.5, 0.6) is 0 Å². The van der Waals surface area contributed by atoms with E-state index in [1.807, 2.05) is 0 Å². The lowest BCUT2D eigenvalue weighted by Crippen LogP contribution is -2.20. The molecular weight excluding hydrogens is 242 g/mol. The van der Waals surface area contributed by atoms with Gasteiger partial charge in [0.25, 0.3) is 5.78 Å². The number of carbonyl (C=O) groups is 2. The highest BCUT2D eigenvalue weighted by molar-refractivity contribution is 6.41. The molecule has 1 rings (SSSR count). The van der Waals surface area contributed by atoms with E-state index in [0.29, 0.717) is 0 Å². The minimum absolute atomic E-state index is 0.0611. The van der Waals surface area contributed by atoms with E-state index in [0.717, 1.165) is 12.1 Å². The van der Waals surface area contributed by atoms with E-state index in [9.17, 15) is 18.4 Å². The van der Waals surface area contributed by atoms with Crippen molar-refractivity contribution < 1.29 is 23.1 Å². The number of carbonyl (C=O) groups excluding carboxylic acids is 2. The highest BCUT2D eigenvalue weighted by atomic mass is 35.5. The number of hydrogen-bond donors (Lipinski definition) is 0. The number of Topliss-reactive ketones (excluding diaryl/α,β-unsaturated/α-hetero) is 1. The van der Waals surface area contributed by atoms with Gasteiger partial charge in [-0.1, -0.05) is 11.6 Å². The van der Waals surface area contributed by atoms with Crippen molar-refractivity contribution in [2.45, 2.75) is 6.92 Å². The fraction of sp³-hybridized carbons (Fsp3) is 0.200. The van der Waals surface area contributed by atoms with Gasteiger partial charge >= 0.3 is 5.97 Å². The van der Waals surface area contributed by atoms with Crippen molar-refractivity contribution in [1.82, 2.24) is 0 Å². The average Bonchev–Trinajstić information content (AvgIpc) is 2.24. The molecule has 0 radical (unpaired) electrons. The highest BCUT2D eigenvalue weighted by Crippen LogP contribution is 2.21. The summed E-state index contributed by atoms with van der Waals surface area (Å²) in [5.74, 6) is -5.12. The summed E-state index contributed by atoms with van der Waals surface area (Å²) in [4.78, 5) is 22.3. The van der Waals surface area contributed by atoms with Crippen LogP contribution >= 0.6 is 11.6 Å². The van der Waals surface area contributed by atoms with Gasteiger partial charge in [0.05, 0.1) is 11.6 Å². The number of benzene rings is 1. The molecule has 0 aliphatic carbocycles. The van der Waals surface area contributed by atoms with E-state index in [1.54, 1.807) is 0 Å². The Bertz CT molecular complexity index is 446. The van der Waals surface area contributed by atoms with Crippen LogP contribution in [0.4, 0.5) is 8.78 Å². The summed E-state index contributed by atoms with van der Waals surface area (Å²) in [5, 5.41) is -0.436. The Kier molecular flexibility index (Phi) is 3.95. The summed E-state index contributed by atoms with van der Waals surface area (Å²) in [5.41, 5.74) is -0.994. The fourth-order valence-electron chi connectivity index (χ4n) is 1.03. The number of ketones is 1. The molecule has 0 aromatic heterocycles. The van der Waals surface area contributed by atoms with Crippen LogP contribution in [0.3, 0.4) is 0 Å². The van der Waals surface area contributed by atoms with Gasteiger partial charge in [-0.2, -0.15) is 0 Å². The second kappa shape index (κ2) is 5.03. The number of rotatable bonds is 3. The number of ether oxygens (including phenoxy) is 1. The van der Waals surface area contributed by atoms with E-state index in [2.05, 4.69) is 4.74 Å². The quantitative estimate of drug-likeness (QED) is 0.357. The highest BCUT2D eigenvalue weighted by Gasteiger charge is 2.26. The van der Waals surface area contributed by atoms with Gasteiger partial charge < -0.3 is 4.74 Å². The summed E-state index contributed by atoms with van der Waals surface area (Å²) in [7, 11) is 0. The zero-order chi connectivity index (χ0) is 12.3. The Labute approximate surface area is 95.0 Å². The number of esters is 1. The first-order valence-corrected chi connectivity index (χ1v) is 4.71. The van der Waals surface area contributed by atoms with Gasteiger partial charge in [-0.15, -0.1) is 0 Å². The molecule has 0 unspecified atom stereocenters. The first-order valence-electron chi connectivity index (χ1n) is 4.34. The minimum atomic E-state index is -1.39. The van der Waals surface area contributed by atoms with Crippen LogP contribution in [0.1, 0.15) is 17.3 Å². The molecule has 16 heavy (non-hydrogen) atoms. The zero-order valence-electron chi connectivity index (χ0n) is 8.22. The zero-order valence-corrected chi connectivity index (χ0v) is 8.98. The monoisotopic (exact) mass is 248 g/mol. The molecule has 6 heteroatoms. The molecule has 3 nitrogen and oxygen atoms in total. The van der Waals surface area contributed by atoms with Crippen LogP contribution in [0.2, 0.25) is 5.02 Å². The predicted molar refractivity (Wildman–Crippen MR) is 52.3 cm³/mol. The normalized spacial score (nSPS) is 10.0. The molecule has 0 amide bonds. The Morgan fingerprint density at radius 2 is 2.00 bits per heavy atom. The SMILES string of the molecule is CCOC(=O)C(=O)c1c(F)ccc(Cl)c1F. The van der Waals surface area contributed by atoms with Crippen molar-refractivity contribution in [3.63, 3.8) is 0 Å². The lowest BCUT2D eigenvalue weighted by atomic mass is 10.1. The summed E-state index contributed by atoms with van der Waals surface area (Å²) < 4.78 is 30.8. The third-order valence-electron chi connectivity index (χ3n) is 1.73. The van der Waals surface area contributed by atoms with Crippen molar-refractivity contribution in [3.8, 4) is 0 Å². The Balaban J connectivity index is 3.18. The van der Waals surface area contributed by atoms with E-state index >= 15 is 0 Å². The molecule has 0 aliphatic rings. The first-order chi connectivity index (χ1) is 7.49. The lowest BCUT2D eigenvalue weighted by molar-refractivity contribution is -0.137. The average molecular weight is 249 g/mol. The van der Waals surface area contributed by atoms with Gasteiger partial charge in [0.15, 0.2) is 5.82 Å². The maximum atomic E-state index is 13.3. The molecule has 0 heterocycles. The van der Waals surface area contributed by atoms with Gasteiger partial charge in [0.1, 0.15) is 11.4 Å². The molecule has 0 saturated carbocycles. The van der Waals surface area contributed by atoms with Crippen molar-refractivity contribution in [3.05, 3.63) is 34.4 Å². The summed E-state index contributed by atoms with van der Waals surface area (Å²) in [6, 6.07) is 1.76. The second-order valence-electron chi connectivity index (χ2n) is 2.77. The van der Waals surface area contributed by atoms with Crippen LogP contribution in [-0.2, 0) is 9.53 Å². The van der Waals surface area contributed by atoms with Crippen LogP contribution in [0, 0.1) is 11.6 Å². The largest absolute Gasteiger partial charge is 0.460 e. The van der Waals surface area contributed by atoms with Crippen LogP contribution in [-0.4, -0.2) is 18.4 Å². The maximum Gasteiger partial charge on any atom is 0.379 e. The summed E-state index contributed by atoms with van der Waals surface area (Å²) >= 11 is 5.37. The lowest BCUT2D eigenvalue weighted by Gasteiger charge is -2.04. The van der Waals surface area contributed by atoms with Crippen molar-refractivity contribution in [2.24, 2.45) is 0 Å². The Hall–Kier alpha value is -1.49. The predicted octanol–water partition coefficient (Wildman–Crippen LogP) is 2.36. The van der Waals surface area contributed by atoms with Gasteiger partial charge in [-0.05, 0) is 19.1 Å². The van der Waals surface area contributed by atoms with E-state index in [-0.39, 0.29) is 6.61 Å². The second-order valence-corrected chi connectivity index (χ2v) is 3.17. The van der Waals surface area contributed by atoms with E-state index in [4.69, 9.17) is 11.6 Å². The van der Waals surface area contributed by atoms with Crippen molar-refractivity contribution in [2.75, 3.05) is 6.61 Å². The topological polar surface area (TPSA) is 43.4 Å². The third-order valence-corrected chi connectivity index (χ3v) is 2.02. The first kappa shape index (κ1) is 12.6. The smallest absolute Gasteiger partial charge is 0.379 e. The Morgan fingerprint density at radius 1 is 1.38 bits per heavy atom. The molecule has 0 saturated heterocycles. The fourth-order valence-corrected chi connectivity index (χ4v) is 1.19. The molecule has 0 fully saturated rings. The molecule has 0 bridgehead atoms. The van der Waals surface area contributed by atoms with E-state index < -0.39 is 34.0 Å². The van der Waals surface area contributed by atoms with Gasteiger partial charge in [-0.25, -0.2) is 13.6 Å². The minimum Gasteiger partial charge on any atom is -0.460 e. The Morgan fingerprint density at radius 3 is 2.56 bits per heavy atom. The molecule has 0 atom stereocenters. The number of hydrogen-bond acceptors (Lipinski definition) is 3. The van der Waals surface area contributed by atoms with Gasteiger partial charge in [-0.3, -0.25) is 4.79 Å². The van der Waals surface area contributed by atoms with Crippen LogP contribution < -0.4 is 0 Å². The van der Waals surface area contributed by atoms with Crippen LogP contribution in [0.15, 0.2) is 12.1 Å². The standard InChI is InChI=1S/C10H7ClF2O3/c1-2-16-10(15)9(14)7-6(12)4-3-5(11)8(7)13/h3-4H,2H2,1H3. The molecule has 0 aliphatic heterocycles. The molecule has 0 N–H and O–H groups in total. The third kappa shape index (κ3) is 2.36. The molecule has 1 aromatic rings. The van der Waals surface area contributed by atoms with Gasteiger partial charge in [0.2, 0.25) is 0 Å². The molecule has 0 spiro atoms. The van der Waals surface area contributed by atoms with Gasteiger partial charge in [0, 0.05) is 0 Å². The molecular formula is C10H7ClF2O3. The molecule has 1 aromatic carbocycles. The van der Waals surface area contributed by atoms with Crippen molar-refractivity contribution >= 4 is 23.4 Å². The van der Waals surface area contributed by atoms with E-state index in [1.165, 1.54) is 6.92 Å². The maximum absolute atomic E-state index is 13.3.